The number of nitrogens with zero attached hydrogens (tertiary/aromatic N) is 2. The maximum Gasteiger partial charge on any atom is 0.317 e. The smallest absolute Gasteiger partial charge is 0.317 e. The van der Waals surface area contributed by atoms with E-state index in [4.69, 9.17) is 0 Å². The first-order chi connectivity index (χ1) is 12.0. The fraction of sp³-hybridized carbons (Fsp3) is 0.650. The Morgan fingerprint density at radius 1 is 1.28 bits per heavy atom. The van der Waals surface area contributed by atoms with Crippen LogP contribution in [0.2, 0.25) is 0 Å². The number of hydrogen-bond acceptors (Lipinski definition) is 3. The van der Waals surface area contributed by atoms with Gasteiger partial charge in [-0.2, -0.15) is 0 Å². The average Bonchev–Trinajstić information content (AvgIpc) is 2.65. The Labute approximate surface area is 152 Å². The standard InChI is InChI=1S/C20H33N3O2/c1-4-22(5-2)14-18-10-8-17(9-11-18)13-21-20(25)23-12-6-7-19(15-23)16(3)24/h8-11,16,19,24H,4-7,12-15H2,1-3H3,(H,21,25). The summed E-state index contributed by atoms with van der Waals surface area (Å²) in [5, 5.41) is 12.8. The first-order valence-corrected chi connectivity index (χ1v) is 9.54. The topological polar surface area (TPSA) is 55.8 Å². The number of benzene rings is 1. The third-order valence-electron chi connectivity index (χ3n) is 5.19. The predicted molar refractivity (Wildman–Crippen MR) is 101 cm³/mol. The van der Waals surface area contributed by atoms with Crippen LogP contribution < -0.4 is 5.32 Å². The summed E-state index contributed by atoms with van der Waals surface area (Å²) in [5.74, 6) is 0.193. The lowest BCUT2D eigenvalue weighted by atomic mass is 9.94. The lowest BCUT2D eigenvalue weighted by Crippen LogP contribution is -2.47. The zero-order valence-corrected chi connectivity index (χ0v) is 15.9. The molecular formula is C20H33N3O2. The summed E-state index contributed by atoms with van der Waals surface area (Å²) in [5.41, 5.74) is 2.41. The molecule has 0 aromatic heterocycles. The summed E-state index contributed by atoms with van der Waals surface area (Å²) in [4.78, 5) is 16.6. The van der Waals surface area contributed by atoms with E-state index in [9.17, 15) is 9.90 Å². The molecular weight excluding hydrogens is 314 g/mol. The molecule has 2 amide bonds. The SMILES string of the molecule is CCN(CC)Cc1ccc(CNC(=O)N2CCCC(C(C)O)C2)cc1. The molecule has 1 aromatic carbocycles. The van der Waals surface area contributed by atoms with Crippen molar-refractivity contribution in [2.75, 3.05) is 26.2 Å². The number of likely N-dealkylation sites (tertiary alicyclic amines) is 1. The van der Waals surface area contributed by atoms with Crippen LogP contribution in [0, 0.1) is 5.92 Å². The third-order valence-corrected chi connectivity index (χ3v) is 5.19. The van der Waals surface area contributed by atoms with Gasteiger partial charge in [-0.25, -0.2) is 4.79 Å². The van der Waals surface area contributed by atoms with Crippen LogP contribution in [0.1, 0.15) is 44.7 Å². The summed E-state index contributed by atoms with van der Waals surface area (Å²) in [6.07, 6.45) is 1.60. The highest BCUT2D eigenvalue weighted by Gasteiger charge is 2.26. The minimum atomic E-state index is -0.353. The van der Waals surface area contributed by atoms with E-state index < -0.39 is 0 Å². The van der Waals surface area contributed by atoms with Crippen LogP contribution in [0.25, 0.3) is 0 Å². The molecule has 1 fully saturated rings. The summed E-state index contributed by atoms with van der Waals surface area (Å²) < 4.78 is 0. The molecule has 1 heterocycles. The number of urea groups is 1. The van der Waals surface area contributed by atoms with Crippen molar-refractivity contribution in [3.05, 3.63) is 35.4 Å². The molecule has 0 spiro atoms. The van der Waals surface area contributed by atoms with Gasteiger partial charge in [-0.15, -0.1) is 0 Å². The largest absolute Gasteiger partial charge is 0.393 e. The van der Waals surface area contributed by atoms with Crippen molar-refractivity contribution in [3.8, 4) is 0 Å². The Kier molecular flexibility index (Phi) is 7.72. The van der Waals surface area contributed by atoms with E-state index in [-0.39, 0.29) is 18.1 Å². The zero-order chi connectivity index (χ0) is 18.2. The molecule has 2 N–H and O–H groups in total. The third kappa shape index (κ3) is 6.01. The van der Waals surface area contributed by atoms with E-state index in [1.54, 1.807) is 0 Å². The number of piperidine rings is 1. The lowest BCUT2D eigenvalue weighted by molar-refractivity contribution is 0.0738. The molecule has 5 nitrogen and oxygen atoms in total. The number of rotatable bonds is 7. The van der Waals surface area contributed by atoms with Crippen LogP contribution in [-0.2, 0) is 13.1 Å². The molecule has 2 unspecified atom stereocenters. The Bertz CT molecular complexity index is 526. The van der Waals surface area contributed by atoms with Crippen LogP contribution >= 0.6 is 0 Å². The number of aliphatic hydroxyl groups is 1. The van der Waals surface area contributed by atoms with Crippen molar-refractivity contribution in [2.24, 2.45) is 5.92 Å². The highest BCUT2D eigenvalue weighted by Crippen LogP contribution is 2.19. The Hall–Kier alpha value is -1.59. The molecule has 1 aromatic rings. The monoisotopic (exact) mass is 347 g/mol. The van der Waals surface area contributed by atoms with Crippen LogP contribution in [0.4, 0.5) is 4.79 Å². The van der Waals surface area contributed by atoms with Gasteiger partial charge in [0.2, 0.25) is 0 Å². The molecule has 5 heteroatoms. The van der Waals surface area contributed by atoms with Gasteiger partial charge in [0.05, 0.1) is 6.10 Å². The highest BCUT2D eigenvalue weighted by molar-refractivity contribution is 5.74. The summed E-state index contributed by atoms with van der Waals surface area (Å²) >= 11 is 0. The first kappa shape index (κ1) is 19.7. The molecule has 1 aliphatic heterocycles. The van der Waals surface area contributed by atoms with Gasteiger partial charge in [0.15, 0.2) is 0 Å². The van der Waals surface area contributed by atoms with E-state index in [0.29, 0.717) is 13.1 Å². The van der Waals surface area contributed by atoms with E-state index >= 15 is 0 Å². The second-order valence-electron chi connectivity index (χ2n) is 7.03. The second-order valence-corrected chi connectivity index (χ2v) is 7.03. The van der Waals surface area contributed by atoms with Gasteiger partial charge in [-0.05, 0) is 44.0 Å². The second kappa shape index (κ2) is 9.78. The first-order valence-electron chi connectivity index (χ1n) is 9.54. The van der Waals surface area contributed by atoms with Gasteiger partial charge >= 0.3 is 6.03 Å². The average molecular weight is 348 g/mol. The van der Waals surface area contributed by atoms with E-state index in [1.165, 1.54) is 5.56 Å². The van der Waals surface area contributed by atoms with Crippen LogP contribution in [0.3, 0.4) is 0 Å². The number of amides is 2. The molecule has 1 aliphatic rings. The number of hydrogen-bond donors (Lipinski definition) is 2. The number of carbonyl (C=O) groups excluding carboxylic acids is 1. The van der Waals surface area contributed by atoms with Crippen LogP contribution in [-0.4, -0.2) is 53.2 Å². The van der Waals surface area contributed by atoms with Gasteiger partial charge in [0.25, 0.3) is 0 Å². The predicted octanol–water partition coefficient (Wildman–Crippen LogP) is 2.83. The maximum absolute atomic E-state index is 12.4. The Balaban J connectivity index is 1.81. The van der Waals surface area contributed by atoms with Crippen molar-refractivity contribution in [1.29, 1.82) is 0 Å². The minimum Gasteiger partial charge on any atom is -0.393 e. The fourth-order valence-electron chi connectivity index (χ4n) is 3.35. The van der Waals surface area contributed by atoms with Gasteiger partial charge in [0.1, 0.15) is 0 Å². The quantitative estimate of drug-likeness (QED) is 0.797. The van der Waals surface area contributed by atoms with Crippen molar-refractivity contribution in [2.45, 2.75) is 52.8 Å². The molecule has 1 saturated heterocycles. The van der Waals surface area contributed by atoms with Crippen molar-refractivity contribution < 1.29 is 9.90 Å². The van der Waals surface area contributed by atoms with E-state index in [1.807, 2.05) is 11.8 Å². The molecule has 0 radical (unpaired) electrons. The van der Waals surface area contributed by atoms with Crippen molar-refractivity contribution in [3.63, 3.8) is 0 Å². The van der Waals surface area contributed by atoms with Crippen LogP contribution in [0.5, 0.6) is 0 Å². The van der Waals surface area contributed by atoms with E-state index in [0.717, 1.165) is 44.6 Å². The molecule has 0 saturated carbocycles. The van der Waals surface area contributed by atoms with Crippen LogP contribution in [0.15, 0.2) is 24.3 Å². The number of carbonyl (C=O) groups is 1. The molecule has 0 bridgehead atoms. The molecule has 25 heavy (non-hydrogen) atoms. The van der Waals surface area contributed by atoms with Crippen molar-refractivity contribution in [1.82, 2.24) is 15.1 Å². The van der Waals surface area contributed by atoms with Gasteiger partial charge < -0.3 is 15.3 Å². The van der Waals surface area contributed by atoms with Gasteiger partial charge in [-0.3, -0.25) is 4.90 Å². The molecule has 0 aliphatic carbocycles. The number of aliphatic hydroxyl groups excluding tert-OH is 1. The summed E-state index contributed by atoms with van der Waals surface area (Å²) in [6.45, 7) is 11.2. The number of nitrogens with one attached hydrogen (secondary N) is 1. The van der Waals surface area contributed by atoms with Gasteiger partial charge in [0, 0.05) is 32.1 Å². The van der Waals surface area contributed by atoms with Crippen molar-refractivity contribution >= 4 is 6.03 Å². The lowest BCUT2D eigenvalue weighted by Gasteiger charge is -2.34. The molecule has 2 atom stereocenters. The summed E-state index contributed by atoms with van der Waals surface area (Å²) in [6, 6.07) is 8.44. The maximum atomic E-state index is 12.4. The minimum absolute atomic E-state index is 0.0300. The Morgan fingerprint density at radius 3 is 2.52 bits per heavy atom. The Morgan fingerprint density at radius 2 is 1.92 bits per heavy atom. The summed E-state index contributed by atoms with van der Waals surface area (Å²) in [7, 11) is 0. The zero-order valence-electron chi connectivity index (χ0n) is 15.9. The highest BCUT2D eigenvalue weighted by atomic mass is 16.3. The normalized spacial score (nSPS) is 19.1. The molecule has 140 valence electrons. The van der Waals surface area contributed by atoms with Gasteiger partial charge in [-0.1, -0.05) is 38.1 Å². The van der Waals surface area contributed by atoms with E-state index in [2.05, 4.69) is 48.3 Å². The molecule has 2 rings (SSSR count). The fourth-order valence-corrected chi connectivity index (χ4v) is 3.35.